The van der Waals surface area contributed by atoms with Crippen LogP contribution in [-0.2, 0) is 0 Å². The summed E-state index contributed by atoms with van der Waals surface area (Å²) in [5.41, 5.74) is 2.47. The van der Waals surface area contributed by atoms with Crippen LogP contribution in [0.4, 0.5) is 15.8 Å². The molecule has 9 nitrogen and oxygen atoms in total. The summed E-state index contributed by atoms with van der Waals surface area (Å²) in [7, 11) is 1.53. The molecule has 0 unspecified atom stereocenters. The molecular formula is C20H21FN6O3S. The monoisotopic (exact) mass is 444 g/mol. The van der Waals surface area contributed by atoms with Crippen molar-refractivity contribution in [2.45, 2.75) is 23.9 Å². The second-order valence-corrected chi connectivity index (χ2v) is 7.86. The molecule has 31 heavy (non-hydrogen) atoms. The van der Waals surface area contributed by atoms with Gasteiger partial charge in [-0.1, -0.05) is 0 Å². The number of anilines is 2. The third-order valence-electron chi connectivity index (χ3n) is 4.98. The molecule has 1 aliphatic rings. The van der Waals surface area contributed by atoms with E-state index in [1.165, 1.54) is 36.1 Å². The molecule has 1 saturated heterocycles. The Morgan fingerprint density at radius 1 is 1.32 bits per heavy atom. The van der Waals surface area contributed by atoms with Crippen LogP contribution in [0, 0.1) is 0 Å². The lowest BCUT2D eigenvalue weighted by Gasteiger charge is -2.32. The van der Waals surface area contributed by atoms with E-state index in [4.69, 9.17) is 4.74 Å². The highest BCUT2D eigenvalue weighted by Gasteiger charge is 2.22. The van der Waals surface area contributed by atoms with Gasteiger partial charge in [0, 0.05) is 13.1 Å². The predicted molar refractivity (Wildman–Crippen MR) is 115 cm³/mol. The highest BCUT2D eigenvalue weighted by molar-refractivity contribution is 8.00. The fraction of sp³-hybridized carbons (Fsp3) is 0.300. The van der Waals surface area contributed by atoms with Crippen LogP contribution in [-0.4, -0.2) is 57.7 Å². The summed E-state index contributed by atoms with van der Waals surface area (Å²) < 4.78 is 24.2. The molecule has 2 aromatic carbocycles. The van der Waals surface area contributed by atoms with Gasteiger partial charge in [-0.3, -0.25) is 0 Å². The number of carboxylic acids is 1. The second kappa shape index (κ2) is 9.21. The van der Waals surface area contributed by atoms with E-state index in [-0.39, 0.29) is 5.56 Å². The first-order chi connectivity index (χ1) is 15.0. The number of hydrogen-bond acceptors (Lipinski definition) is 8. The molecule has 3 aromatic rings. The maximum atomic E-state index is 14.1. The maximum absolute atomic E-state index is 14.1. The average Bonchev–Trinajstić information content (AvgIpc) is 3.32. The number of benzene rings is 2. The van der Waals surface area contributed by atoms with Crippen molar-refractivity contribution >= 4 is 29.3 Å². The number of rotatable bonds is 7. The third-order valence-corrected chi connectivity index (χ3v) is 5.84. The molecule has 4 rings (SSSR count). The van der Waals surface area contributed by atoms with Crippen LogP contribution in [0.1, 0.15) is 23.2 Å². The summed E-state index contributed by atoms with van der Waals surface area (Å²) in [4.78, 5) is 14.0. The molecule has 2 heterocycles. The lowest BCUT2D eigenvalue weighted by Crippen LogP contribution is -2.36. The number of methoxy groups -OCH3 is 1. The molecule has 0 aliphatic carbocycles. The van der Waals surface area contributed by atoms with E-state index in [1.54, 1.807) is 12.1 Å². The van der Waals surface area contributed by atoms with Crippen molar-refractivity contribution < 1.29 is 19.0 Å². The summed E-state index contributed by atoms with van der Waals surface area (Å²) in [6.07, 6.45) is 1.96. The fourth-order valence-corrected chi connectivity index (χ4v) is 4.27. The minimum Gasteiger partial charge on any atom is -0.496 e. The molecule has 11 heteroatoms. The van der Waals surface area contributed by atoms with Crippen LogP contribution < -0.4 is 14.4 Å². The highest BCUT2D eigenvalue weighted by Crippen LogP contribution is 2.36. The van der Waals surface area contributed by atoms with E-state index >= 15 is 0 Å². The summed E-state index contributed by atoms with van der Waals surface area (Å²) >= 11 is 1.22. The molecule has 1 atom stereocenters. The number of aromatic carboxylic acids is 1. The van der Waals surface area contributed by atoms with Crippen LogP contribution in [0.15, 0.2) is 47.6 Å². The van der Waals surface area contributed by atoms with Gasteiger partial charge in [-0.25, -0.2) is 13.9 Å². The first-order valence-corrected chi connectivity index (χ1v) is 10.5. The van der Waals surface area contributed by atoms with Crippen LogP contribution in [0.5, 0.6) is 5.75 Å². The van der Waals surface area contributed by atoms with Crippen molar-refractivity contribution in [1.82, 2.24) is 20.2 Å². The Kier molecular flexibility index (Phi) is 6.21. The Bertz CT molecular complexity index is 1070. The number of nitrogens with one attached hydrogen (secondary N) is 1. The molecular weight excluding hydrogens is 423 g/mol. The number of tetrazole rings is 1. The van der Waals surface area contributed by atoms with Crippen molar-refractivity contribution in [3.8, 4) is 11.4 Å². The van der Waals surface area contributed by atoms with E-state index in [1.807, 2.05) is 23.1 Å². The molecule has 0 bridgehead atoms. The van der Waals surface area contributed by atoms with Gasteiger partial charge in [0.15, 0.2) is 0 Å². The van der Waals surface area contributed by atoms with E-state index < -0.39 is 12.1 Å². The van der Waals surface area contributed by atoms with E-state index in [2.05, 4.69) is 20.2 Å². The summed E-state index contributed by atoms with van der Waals surface area (Å²) in [6, 6.07) is 10.3. The number of alkyl halides is 1. The number of nitrogens with zero attached hydrogens (tertiary/aromatic N) is 5. The number of hydrogen-bond donors (Lipinski definition) is 2. The van der Waals surface area contributed by atoms with Gasteiger partial charge in [-0.15, -0.1) is 5.10 Å². The molecule has 1 fully saturated rings. The van der Waals surface area contributed by atoms with E-state index in [0.29, 0.717) is 23.6 Å². The predicted octanol–water partition coefficient (Wildman–Crippen LogP) is 3.43. The number of aromatic nitrogens is 4. The first kappa shape index (κ1) is 20.9. The minimum atomic E-state index is -1.02. The van der Waals surface area contributed by atoms with Crippen molar-refractivity contribution in [3.05, 3.63) is 48.3 Å². The molecule has 0 spiro atoms. The first-order valence-electron chi connectivity index (χ1n) is 9.66. The molecule has 1 aromatic heterocycles. The number of halogens is 1. The number of carbonyl (C=O) groups is 1. The van der Waals surface area contributed by atoms with Gasteiger partial charge in [0.1, 0.15) is 18.2 Å². The largest absolute Gasteiger partial charge is 0.496 e. The quantitative estimate of drug-likeness (QED) is 0.530. The second-order valence-electron chi connectivity index (χ2n) is 7.02. The molecule has 162 valence electrons. The average molecular weight is 444 g/mol. The van der Waals surface area contributed by atoms with Gasteiger partial charge in [-0.2, -0.15) is 0 Å². The number of carboxylic acid groups (broad SMARTS) is 1. The van der Waals surface area contributed by atoms with Gasteiger partial charge >= 0.3 is 5.97 Å². The molecule has 1 aliphatic heterocycles. The number of ether oxygens (including phenoxy) is 1. The molecule has 2 N–H and O–H groups in total. The third kappa shape index (κ3) is 4.71. The summed E-state index contributed by atoms with van der Waals surface area (Å²) in [5.74, 6) is -0.476. The van der Waals surface area contributed by atoms with Crippen molar-refractivity contribution in [1.29, 1.82) is 0 Å². The summed E-state index contributed by atoms with van der Waals surface area (Å²) in [6.45, 7) is 1.07. The maximum Gasteiger partial charge on any atom is 0.335 e. The Hall–Kier alpha value is -3.34. The van der Waals surface area contributed by atoms with Gasteiger partial charge in [0.05, 0.1) is 34.6 Å². The number of piperidine rings is 1. The molecule has 0 radical (unpaired) electrons. The SMILES string of the molecule is COc1ccc(C(=O)O)cc1SNc1cc(-n2cnnn2)ccc1N1CCC[C@@H](F)C1. The lowest BCUT2D eigenvalue weighted by atomic mass is 10.1. The van der Waals surface area contributed by atoms with Crippen molar-refractivity contribution in [3.63, 3.8) is 0 Å². The van der Waals surface area contributed by atoms with Gasteiger partial charge in [0.2, 0.25) is 0 Å². The van der Waals surface area contributed by atoms with Crippen LogP contribution in [0.3, 0.4) is 0 Å². The Morgan fingerprint density at radius 3 is 2.90 bits per heavy atom. The normalized spacial score (nSPS) is 16.2. The Morgan fingerprint density at radius 2 is 2.19 bits per heavy atom. The van der Waals surface area contributed by atoms with Crippen molar-refractivity contribution in [2.24, 2.45) is 0 Å². The van der Waals surface area contributed by atoms with Gasteiger partial charge < -0.3 is 19.5 Å². The van der Waals surface area contributed by atoms with Crippen LogP contribution in [0.2, 0.25) is 0 Å². The smallest absolute Gasteiger partial charge is 0.335 e. The van der Waals surface area contributed by atoms with Gasteiger partial charge in [0.25, 0.3) is 0 Å². The van der Waals surface area contributed by atoms with E-state index in [9.17, 15) is 14.3 Å². The summed E-state index contributed by atoms with van der Waals surface area (Å²) in [5, 5.41) is 20.6. The zero-order valence-corrected chi connectivity index (χ0v) is 17.5. The van der Waals surface area contributed by atoms with Crippen LogP contribution in [0.25, 0.3) is 5.69 Å². The Labute approximate surface area is 182 Å². The minimum absolute atomic E-state index is 0.157. The Balaban J connectivity index is 1.66. The topological polar surface area (TPSA) is 105 Å². The standard InChI is InChI=1S/C20H21FN6O3S/c1-30-18-7-4-13(20(28)29)9-19(18)31-23-16-10-15(27-12-22-24-25-27)5-6-17(16)26-8-2-3-14(21)11-26/h4-7,9-10,12,14,23H,2-3,8,11H2,1H3,(H,28,29)/t14-/m1/s1. The lowest BCUT2D eigenvalue weighted by molar-refractivity contribution is 0.0696. The van der Waals surface area contributed by atoms with Crippen LogP contribution >= 0.6 is 11.9 Å². The highest BCUT2D eigenvalue weighted by atomic mass is 32.2. The molecule has 0 saturated carbocycles. The van der Waals surface area contributed by atoms with Gasteiger partial charge in [-0.05, 0) is 71.6 Å². The zero-order valence-electron chi connectivity index (χ0n) is 16.7. The zero-order chi connectivity index (χ0) is 21.8. The molecule has 0 amide bonds. The van der Waals surface area contributed by atoms with Crippen molar-refractivity contribution in [2.75, 3.05) is 29.8 Å². The van der Waals surface area contributed by atoms with E-state index in [0.717, 1.165) is 30.0 Å². The fourth-order valence-electron chi connectivity index (χ4n) is 3.45.